The molecule has 4 rings (SSSR count). The van der Waals surface area contributed by atoms with Gasteiger partial charge in [0.1, 0.15) is 5.75 Å². The summed E-state index contributed by atoms with van der Waals surface area (Å²) in [6.45, 7) is 7.05. The summed E-state index contributed by atoms with van der Waals surface area (Å²) in [6.07, 6.45) is 2.23. The predicted octanol–water partition coefficient (Wildman–Crippen LogP) is 5.51. The van der Waals surface area contributed by atoms with E-state index in [-0.39, 0.29) is 6.04 Å². The van der Waals surface area contributed by atoms with E-state index in [0.717, 1.165) is 59.6 Å². The number of aromatic nitrogens is 1. The zero-order chi connectivity index (χ0) is 23.4. The Morgan fingerprint density at radius 2 is 1.88 bits per heavy atom. The first-order chi connectivity index (χ1) is 15.9. The third-order valence-electron chi connectivity index (χ3n) is 6.40. The largest absolute Gasteiger partial charge is 0.496 e. The lowest BCUT2D eigenvalue weighted by Gasteiger charge is -2.34. The van der Waals surface area contributed by atoms with Crippen molar-refractivity contribution < 1.29 is 14.3 Å². The van der Waals surface area contributed by atoms with Gasteiger partial charge < -0.3 is 24.3 Å². The number of piperidine rings is 1. The van der Waals surface area contributed by atoms with Crippen LogP contribution in [0.5, 0.6) is 11.6 Å². The summed E-state index contributed by atoms with van der Waals surface area (Å²) in [6, 6.07) is 16.3. The van der Waals surface area contributed by atoms with Gasteiger partial charge in [-0.15, -0.1) is 0 Å². The van der Waals surface area contributed by atoms with E-state index < -0.39 is 6.09 Å². The molecule has 0 saturated carbocycles. The van der Waals surface area contributed by atoms with E-state index in [1.54, 1.807) is 7.11 Å². The minimum atomic E-state index is -0.410. The highest BCUT2D eigenvalue weighted by Gasteiger charge is 2.23. The Hall–Kier alpha value is -2.70. The molecular formula is C26H32ClN3O3. The number of likely N-dealkylation sites (tertiary alicyclic amines) is 1. The molecule has 7 heteroatoms. The number of hydrogen-bond acceptors (Lipinski definition) is 4. The number of nitrogens with zero attached hydrogens (tertiary/aromatic N) is 2. The summed E-state index contributed by atoms with van der Waals surface area (Å²) in [5, 5.41) is 4.70. The first-order valence-corrected chi connectivity index (χ1v) is 12.0. The lowest BCUT2D eigenvalue weighted by Crippen LogP contribution is -2.47. The number of methoxy groups -OCH3 is 1. The summed E-state index contributed by atoms with van der Waals surface area (Å²) in [7, 11) is 1.65. The maximum Gasteiger partial charge on any atom is 0.414 e. The molecule has 1 aliphatic rings. The fourth-order valence-electron chi connectivity index (χ4n) is 4.47. The Labute approximate surface area is 200 Å². The molecule has 2 heterocycles. The van der Waals surface area contributed by atoms with Gasteiger partial charge in [-0.1, -0.05) is 29.8 Å². The maximum absolute atomic E-state index is 12.8. The number of hydrogen-bond donors (Lipinski definition) is 1. The molecule has 0 bridgehead atoms. The zero-order valence-electron chi connectivity index (χ0n) is 19.5. The van der Waals surface area contributed by atoms with Gasteiger partial charge >= 0.3 is 6.09 Å². The van der Waals surface area contributed by atoms with Crippen LogP contribution in [-0.2, 0) is 13.0 Å². The smallest absolute Gasteiger partial charge is 0.414 e. The number of aryl methyl sites for hydroxylation is 2. The number of carbonyl (C=O) groups is 1. The molecule has 3 aromatic rings. The number of ether oxygens (including phenoxy) is 2. The van der Waals surface area contributed by atoms with Crippen LogP contribution in [0.4, 0.5) is 4.79 Å². The van der Waals surface area contributed by atoms with Gasteiger partial charge in [-0.05, 0) is 62.9 Å². The predicted molar refractivity (Wildman–Crippen MR) is 133 cm³/mol. The fourth-order valence-corrected chi connectivity index (χ4v) is 4.60. The molecule has 1 saturated heterocycles. The van der Waals surface area contributed by atoms with Crippen molar-refractivity contribution in [2.75, 3.05) is 20.2 Å². The molecule has 176 valence electrons. The molecule has 1 aliphatic heterocycles. The van der Waals surface area contributed by atoms with Crippen LogP contribution in [0.25, 0.3) is 10.9 Å². The second-order valence-electron chi connectivity index (χ2n) is 8.84. The van der Waals surface area contributed by atoms with Gasteiger partial charge in [-0.25, -0.2) is 4.79 Å². The number of nitrogens with one attached hydrogen (secondary N) is 1. The first kappa shape index (κ1) is 23.5. The lowest BCUT2D eigenvalue weighted by molar-refractivity contribution is 0.151. The van der Waals surface area contributed by atoms with E-state index in [1.165, 1.54) is 0 Å². The van der Waals surface area contributed by atoms with Gasteiger partial charge in [0, 0.05) is 48.2 Å². The van der Waals surface area contributed by atoms with Crippen LogP contribution in [0.15, 0.2) is 48.5 Å². The number of fused-ring (bicyclic) bond motifs is 1. The van der Waals surface area contributed by atoms with Crippen molar-refractivity contribution in [3.8, 4) is 11.6 Å². The van der Waals surface area contributed by atoms with Gasteiger partial charge in [-0.3, -0.25) is 0 Å². The van der Waals surface area contributed by atoms with Gasteiger partial charge in [0.25, 0.3) is 0 Å². The van der Waals surface area contributed by atoms with E-state index in [4.69, 9.17) is 21.1 Å². The van der Waals surface area contributed by atoms with Crippen LogP contribution in [0, 0.1) is 0 Å². The van der Waals surface area contributed by atoms with Crippen molar-refractivity contribution in [2.45, 2.75) is 51.7 Å². The minimum Gasteiger partial charge on any atom is -0.496 e. The third kappa shape index (κ3) is 5.63. The van der Waals surface area contributed by atoms with Gasteiger partial charge in [0.2, 0.25) is 5.88 Å². The Bertz CT molecular complexity index is 1090. The summed E-state index contributed by atoms with van der Waals surface area (Å²) in [4.78, 5) is 15.2. The van der Waals surface area contributed by atoms with Crippen LogP contribution in [-0.4, -0.2) is 47.8 Å². The highest BCUT2D eigenvalue weighted by molar-refractivity contribution is 6.30. The molecule has 2 aromatic carbocycles. The Balaban J connectivity index is 1.50. The van der Waals surface area contributed by atoms with Crippen LogP contribution in [0.3, 0.4) is 0 Å². The number of rotatable bonds is 7. The Kier molecular flexibility index (Phi) is 7.46. The number of carbonyl (C=O) groups excluding carboxylic acids is 1. The standard InChI is InChI=1S/C26H32ClN3O3/c1-18(2)29-14-12-21(13-15-29)28-26(31)33-25-17-22-23(5-4-6-24(22)32-3)30(25)16-11-19-7-9-20(27)10-8-19/h4-10,17-18,21H,11-16H2,1-3H3,(H,28,31). The SMILES string of the molecule is COc1cccc2c1cc(OC(=O)NC1CCN(C(C)C)CC1)n2CCc1ccc(Cl)cc1. The molecule has 0 radical (unpaired) electrons. The molecule has 0 spiro atoms. The van der Waals surface area contributed by atoms with Crippen molar-refractivity contribution in [3.05, 3.63) is 59.1 Å². The van der Waals surface area contributed by atoms with E-state index in [9.17, 15) is 4.79 Å². The normalized spacial score (nSPS) is 15.2. The summed E-state index contributed by atoms with van der Waals surface area (Å²) in [5.41, 5.74) is 2.13. The molecule has 6 nitrogen and oxygen atoms in total. The van der Waals surface area contributed by atoms with Crippen LogP contribution in [0.2, 0.25) is 5.02 Å². The van der Waals surface area contributed by atoms with Crippen molar-refractivity contribution in [2.24, 2.45) is 0 Å². The molecule has 0 unspecified atom stereocenters. The first-order valence-electron chi connectivity index (χ1n) is 11.6. The molecule has 0 aliphatic carbocycles. The molecule has 0 atom stereocenters. The van der Waals surface area contributed by atoms with Crippen LogP contribution >= 0.6 is 11.6 Å². The second-order valence-corrected chi connectivity index (χ2v) is 9.28. The summed E-state index contributed by atoms with van der Waals surface area (Å²) in [5.74, 6) is 1.27. The van der Waals surface area contributed by atoms with Crippen molar-refractivity contribution in [1.82, 2.24) is 14.8 Å². The second kappa shape index (κ2) is 10.5. The quantitative estimate of drug-likeness (QED) is 0.496. The average Bonchev–Trinajstić information content (AvgIpc) is 3.15. The average molecular weight is 470 g/mol. The number of amides is 1. The van der Waals surface area contributed by atoms with E-state index in [0.29, 0.717) is 18.5 Å². The maximum atomic E-state index is 12.8. The van der Waals surface area contributed by atoms with E-state index in [1.807, 2.05) is 53.1 Å². The molecule has 1 N–H and O–H groups in total. The van der Waals surface area contributed by atoms with E-state index in [2.05, 4.69) is 24.1 Å². The highest BCUT2D eigenvalue weighted by atomic mass is 35.5. The molecule has 1 fully saturated rings. The van der Waals surface area contributed by atoms with Crippen LogP contribution < -0.4 is 14.8 Å². The van der Waals surface area contributed by atoms with Crippen molar-refractivity contribution in [1.29, 1.82) is 0 Å². The molecular weight excluding hydrogens is 438 g/mol. The van der Waals surface area contributed by atoms with Gasteiger partial charge in [0.15, 0.2) is 0 Å². The lowest BCUT2D eigenvalue weighted by atomic mass is 10.0. The summed E-state index contributed by atoms with van der Waals surface area (Å²) >= 11 is 6.02. The Morgan fingerprint density at radius 3 is 2.55 bits per heavy atom. The van der Waals surface area contributed by atoms with Crippen molar-refractivity contribution >= 4 is 28.6 Å². The van der Waals surface area contributed by atoms with Crippen molar-refractivity contribution in [3.63, 3.8) is 0 Å². The molecule has 1 aromatic heterocycles. The van der Waals surface area contributed by atoms with E-state index >= 15 is 0 Å². The molecule has 33 heavy (non-hydrogen) atoms. The third-order valence-corrected chi connectivity index (χ3v) is 6.66. The van der Waals surface area contributed by atoms with Crippen LogP contribution in [0.1, 0.15) is 32.3 Å². The fraction of sp³-hybridized carbons (Fsp3) is 0.423. The zero-order valence-corrected chi connectivity index (χ0v) is 20.3. The Morgan fingerprint density at radius 1 is 1.15 bits per heavy atom. The highest BCUT2D eigenvalue weighted by Crippen LogP contribution is 2.33. The van der Waals surface area contributed by atoms with Gasteiger partial charge in [-0.2, -0.15) is 0 Å². The van der Waals surface area contributed by atoms with Gasteiger partial charge in [0.05, 0.1) is 12.6 Å². The number of halogens is 1. The monoisotopic (exact) mass is 469 g/mol. The topological polar surface area (TPSA) is 55.7 Å². The minimum absolute atomic E-state index is 0.133. The molecule has 1 amide bonds. The number of benzene rings is 2. The summed E-state index contributed by atoms with van der Waals surface area (Å²) < 4.78 is 13.4.